The molecule has 1 N–H and O–H groups in total. The maximum atomic E-state index is 14.0. The molecule has 0 aromatic heterocycles. The Kier molecular flexibility index (Phi) is 6.10. The Balaban J connectivity index is 2.49. The number of nitrogens with one attached hydrogen (secondary N) is 1. The predicted octanol–water partition coefficient (Wildman–Crippen LogP) is 4.96. The monoisotopic (exact) mass is 405 g/mol. The van der Waals surface area contributed by atoms with E-state index in [1.165, 1.54) is 23.9 Å². The lowest BCUT2D eigenvalue weighted by Gasteiger charge is -2.35. The molecule has 1 aliphatic rings. The molecule has 1 saturated carbocycles. The number of hydrogen-bond donors (Lipinski definition) is 1. The van der Waals surface area contributed by atoms with E-state index in [-0.39, 0.29) is 17.5 Å². The summed E-state index contributed by atoms with van der Waals surface area (Å²) in [7, 11) is 0. The smallest absolute Gasteiger partial charge is 0.286 e. The molecular formula is C17H19BrF3NS. The third-order valence-electron chi connectivity index (χ3n) is 3.62. The van der Waals surface area contributed by atoms with Gasteiger partial charge < -0.3 is 0 Å². The van der Waals surface area contributed by atoms with E-state index in [4.69, 9.17) is 0 Å². The van der Waals surface area contributed by atoms with Crippen molar-refractivity contribution in [1.29, 1.82) is 0 Å². The zero-order valence-electron chi connectivity index (χ0n) is 13.0. The molecule has 2 atom stereocenters. The van der Waals surface area contributed by atoms with Crippen LogP contribution in [0.1, 0.15) is 25.3 Å². The van der Waals surface area contributed by atoms with Crippen LogP contribution < -0.4 is 5.32 Å². The molecule has 0 saturated heterocycles. The summed E-state index contributed by atoms with van der Waals surface area (Å²) in [6.45, 7) is 1.76. The first-order valence-electron chi connectivity index (χ1n) is 7.40. The SMILES string of the molecule is CSC[C@@H](C)N[C@@](C#CC1CC1)(c1ccc(Br)cc1)C(F)(F)F. The molecule has 1 aromatic rings. The highest BCUT2D eigenvalue weighted by molar-refractivity contribution is 9.10. The van der Waals surface area contributed by atoms with Crippen molar-refractivity contribution in [3.05, 3.63) is 34.3 Å². The van der Waals surface area contributed by atoms with Crippen LogP contribution in [0.3, 0.4) is 0 Å². The van der Waals surface area contributed by atoms with Crippen LogP contribution in [0.4, 0.5) is 13.2 Å². The lowest BCUT2D eigenvalue weighted by Crippen LogP contribution is -2.56. The Bertz CT molecular complexity index is 587. The second kappa shape index (κ2) is 7.50. The number of thioether (sulfide) groups is 1. The maximum Gasteiger partial charge on any atom is 0.422 e. The summed E-state index contributed by atoms with van der Waals surface area (Å²) < 4.78 is 42.9. The van der Waals surface area contributed by atoms with Crippen molar-refractivity contribution in [3.8, 4) is 11.8 Å². The number of benzene rings is 1. The first kappa shape index (κ1) is 18.7. The van der Waals surface area contributed by atoms with Gasteiger partial charge in [0.25, 0.3) is 0 Å². The van der Waals surface area contributed by atoms with Crippen LogP contribution in [-0.2, 0) is 5.54 Å². The topological polar surface area (TPSA) is 12.0 Å². The second-order valence-corrected chi connectivity index (χ2v) is 7.63. The summed E-state index contributed by atoms with van der Waals surface area (Å²) in [4.78, 5) is 0. The third-order valence-corrected chi connectivity index (χ3v) is 4.99. The van der Waals surface area contributed by atoms with Crippen molar-refractivity contribution < 1.29 is 13.2 Å². The Morgan fingerprint density at radius 3 is 2.39 bits per heavy atom. The third kappa shape index (κ3) is 4.68. The number of alkyl halides is 3. The summed E-state index contributed by atoms with van der Waals surface area (Å²) in [6.07, 6.45) is -0.846. The number of halogens is 4. The number of hydrogen-bond acceptors (Lipinski definition) is 2. The highest BCUT2D eigenvalue weighted by Gasteiger charge is 2.56. The number of rotatable bonds is 5. The van der Waals surface area contributed by atoms with E-state index in [0.29, 0.717) is 5.75 Å². The minimum atomic E-state index is -4.50. The zero-order valence-corrected chi connectivity index (χ0v) is 15.4. The molecule has 126 valence electrons. The average molecular weight is 406 g/mol. The van der Waals surface area contributed by atoms with Crippen LogP contribution >= 0.6 is 27.7 Å². The van der Waals surface area contributed by atoms with E-state index in [1.807, 2.05) is 6.26 Å². The van der Waals surface area contributed by atoms with Crippen molar-refractivity contribution in [3.63, 3.8) is 0 Å². The van der Waals surface area contributed by atoms with E-state index < -0.39 is 11.7 Å². The van der Waals surface area contributed by atoms with Gasteiger partial charge in [-0.15, -0.1) is 0 Å². The lowest BCUT2D eigenvalue weighted by atomic mass is 9.88. The van der Waals surface area contributed by atoms with Gasteiger partial charge >= 0.3 is 6.18 Å². The van der Waals surface area contributed by atoms with E-state index in [1.54, 1.807) is 19.1 Å². The molecule has 0 aliphatic heterocycles. The first-order valence-corrected chi connectivity index (χ1v) is 9.59. The Labute approximate surface area is 147 Å². The molecular weight excluding hydrogens is 387 g/mol. The van der Waals surface area contributed by atoms with Gasteiger partial charge in [-0.1, -0.05) is 39.9 Å². The van der Waals surface area contributed by atoms with Crippen LogP contribution in [-0.4, -0.2) is 24.2 Å². The summed E-state index contributed by atoms with van der Waals surface area (Å²) in [5.41, 5.74) is -2.19. The van der Waals surface area contributed by atoms with Gasteiger partial charge in [-0.05, 0) is 43.7 Å². The van der Waals surface area contributed by atoms with Crippen molar-refractivity contribution in [2.45, 2.75) is 37.5 Å². The molecule has 1 fully saturated rings. The zero-order chi connectivity index (χ0) is 17.1. The largest absolute Gasteiger partial charge is 0.422 e. The molecule has 0 radical (unpaired) electrons. The Hall–Kier alpha value is -0.640. The standard InChI is InChI=1S/C17H19BrF3NS/c1-12(11-23-2)22-16(17(19,20)21,10-9-13-3-4-13)14-5-7-15(18)8-6-14/h5-8,12-13,22H,3-4,11H2,1-2H3/t12-,16+/m1/s1. The summed E-state index contributed by atoms with van der Waals surface area (Å²) in [5, 5.41) is 2.76. The molecule has 0 spiro atoms. The lowest BCUT2D eigenvalue weighted by molar-refractivity contribution is -0.183. The van der Waals surface area contributed by atoms with Crippen LogP contribution in [0.25, 0.3) is 0 Å². The van der Waals surface area contributed by atoms with Gasteiger partial charge in [0.1, 0.15) is 0 Å². The summed E-state index contributed by atoms with van der Waals surface area (Å²) in [5.74, 6) is 6.05. The normalized spacial score (nSPS) is 18.7. The minimum absolute atomic E-state index is 0.102. The van der Waals surface area contributed by atoms with Gasteiger partial charge in [-0.25, -0.2) is 0 Å². The minimum Gasteiger partial charge on any atom is -0.286 e. The van der Waals surface area contributed by atoms with Gasteiger partial charge in [-0.2, -0.15) is 24.9 Å². The van der Waals surface area contributed by atoms with Crippen molar-refractivity contribution in [2.24, 2.45) is 5.92 Å². The van der Waals surface area contributed by atoms with Crippen LogP contribution in [0.15, 0.2) is 28.7 Å². The van der Waals surface area contributed by atoms with Crippen molar-refractivity contribution in [1.82, 2.24) is 5.32 Å². The van der Waals surface area contributed by atoms with Gasteiger partial charge in [0.2, 0.25) is 5.54 Å². The van der Waals surface area contributed by atoms with E-state index in [2.05, 4.69) is 33.1 Å². The van der Waals surface area contributed by atoms with Gasteiger partial charge in [0, 0.05) is 22.2 Å². The fourth-order valence-corrected chi connectivity index (χ4v) is 3.15. The molecule has 1 aromatic carbocycles. The maximum absolute atomic E-state index is 14.0. The van der Waals surface area contributed by atoms with Crippen LogP contribution in [0.2, 0.25) is 0 Å². The predicted molar refractivity (Wildman–Crippen MR) is 93.4 cm³/mol. The Morgan fingerprint density at radius 2 is 1.91 bits per heavy atom. The molecule has 1 nitrogen and oxygen atoms in total. The fourth-order valence-electron chi connectivity index (χ4n) is 2.31. The molecule has 0 bridgehead atoms. The van der Waals surface area contributed by atoms with E-state index in [0.717, 1.165) is 17.3 Å². The molecule has 2 rings (SSSR count). The Morgan fingerprint density at radius 1 is 1.30 bits per heavy atom. The van der Waals surface area contributed by atoms with Gasteiger partial charge in [0.05, 0.1) is 0 Å². The summed E-state index contributed by atoms with van der Waals surface area (Å²) >= 11 is 4.78. The molecule has 23 heavy (non-hydrogen) atoms. The van der Waals surface area contributed by atoms with Gasteiger partial charge in [0.15, 0.2) is 0 Å². The molecule has 1 aliphatic carbocycles. The van der Waals surface area contributed by atoms with Gasteiger partial charge in [-0.3, -0.25) is 5.32 Å². The molecule has 6 heteroatoms. The first-order chi connectivity index (χ1) is 10.8. The molecule has 0 amide bonds. The quantitative estimate of drug-likeness (QED) is 0.694. The highest BCUT2D eigenvalue weighted by atomic mass is 79.9. The molecule has 0 heterocycles. The second-order valence-electron chi connectivity index (χ2n) is 5.80. The van der Waals surface area contributed by atoms with Crippen molar-refractivity contribution in [2.75, 3.05) is 12.0 Å². The highest BCUT2D eigenvalue weighted by Crippen LogP contribution is 2.40. The summed E-state index contributed by atoms with van der Waals surface area (Å²) in [6, 6.07) is 5.89. The van der Waals surface area contributed by atoms with Crippen molar-refractivity contribution >= 4 is 27.7 Å². The average Bonchev–Trinajstić information content (AvgIpc) is 3.27. The van der Waals surface area contributed by atoms with Crippen LogP contribution in [0, 0.1) is 17.8 Å². The van der Waals surface area contributed by atoms with E-state index >= 15 is 0 Å². The fraction of sp³-hybridized carbons (Fsp3) is 0.529. The van der Waals surface area contributed by atoms with E-state index in [9.17, 15) is 13.2 Å². The van der Waals surface area contributed by atoms with Crippen LogP contribution in [0.5, 0.6) is 0 Å². The molecule has 0 unspecified atom stereocenters.